The monoisotopic (exact) mass is 818 g/mol. The molecule has 310 valence electrons. The quantitative estimate of drug-likeness (QED) is 0.0791. The first-order chi connectivity index (χ1) is 29.8. The van der Waals surface area contributed by atoms with Gasteiger partial charge in [0, 0.05) is 12.1 Å². The fourth-order valence-electron chi connectivity index (χ4n) is 9.88. The second-order valence-electron chi connectivity index (χ2n) is 17.0. The van der Waals surface area contributed by atoms with Crippen LogP contribution in [0.25, 0.3) is 22.1 Å². The van der Waals surface area contributed by atoms with Crippen molar-refractivity contribution < 1.29 is 29.0 Å². The number of aromatic nitrogens is 4. The van der Waals surface area contributed by atoms with Crippen molar-refractivity contribution in [1.29, 1.82) is 0 Å². The summed E-state index contributed by atoms with van der Waals surface area (Å²) in [6.07, 6.45) is 7.63. The van der Waals surface area contributed by atoms with Gasteiger partial charge < -0.3 is 39.7 Å². The lowest BCUT2D eigenvalue weighted by molar-refractivity contribution is -0.335. The van der Waals surface area contributed by atoms with Gasteiger partial charge in [-0.25, -0.2) is 14.8 Å². The highest BCUT2D eigenvalue weighted by Gasteiger charge is 2.57. The number of carbonyl (C=O) groups is 3. The highest BCUT2D eigenvalue weighted by Crippen LogP contribution is 2.55. The summed E-state index contributed by atoms with van der Waals surface area (Å²) in [5, 5.41) is 15.3. The van der Waals surface area contributed by atoms with Crippen LogP contribution < -0.4 is 10.6 Å². The van der Waals surface area contributed by atoms with E-state index in [1.54, 1.807) is 12.1 Å². The molecule has 0 radical (unpaired) electrons. The molecule has 2 aliphatic carbocycles. The van der Waals surface area contributed by atoms with Gasteiger partial charge in [-0.3, -0.25) is 14.9 Å². The van der Waals surface area contributed by atoms with Crippen LogP contribution in [0.2, 0.25) is 0 Å². The summed E-state index contributed by atoms with van der Waals surface area (Å²) in [6.45, 7) is 0.215. The van der Waals surface area contributed by atoms with E-state index in [-0.39, 0.29) is 42.8 Å². The van der Waals surface area contributed by atoms with Crippen molar-refractivity contribution in [3.63, 3.8) is 0 Å². The number of hydrogen-bond donors (Lipinski definition) is 5. The zero-order valence-electron chi connectivity index (χ0n) is 33.3. The first kappa shape index (κ1) is 37.6. The lowest BCUT2D eigenvalue weighted by Crippen LogP contribution is -2.50. The average Bonchev–Trinajstić information content (AvgIpc) is 3.92. The maximum Gasteiger partial charge on any atom is 0.405 e. The minimum atomic E-state index is -1.24. The summed E-state index contributed by atoms with van der Waals surface area (Å²) in [4.78, 5) is 60.9. The number of benzene rings is 4. The second-order valence-corrected chi connectivity index (χ2v) is 17.0. The first-order valence-corrected chi connectivity index (χ1v) is 21.2. The van der Waals surface area contributed by atoms with Crippen molar-refractivity contribution in [3.8, 4) is 0 Å². The van der Waals surface area contributed by atoms with Gasteiger partial charge >= 0.3 is 6.09 Å². The average molecular weight is 819 g/mol. The van der Waals surface area contributed by atoms with Crippen LogP contribution >= 0.6 is 0 Å². The Balaban J connectivity index is 0.751. The van der Waals surface area contributed by atoms with Crippen molar-refractivity contribution in [1.82, 2.24) is 40.4 Å². The molecule has 0 bridgehead atoms. The number of allylic oxidation sites excluding steroid dienone is 2. The van der Waals surface area contributed by atoms with Crippen molar-refractivity contribution in [2.24, 2.45) is 11.8 Å². The molecule has 14 nitrogen and oxygen atoms in total. The van der Waals surface area contributed by atoms with Gasteiger partial charge in [-0.05, 0) is 96.9 Å². The van der Waals surface area contributed by atoms with Gasteiger partial charge in [0.15, 0.2) is 6.79 Å². The molecule has 0 spiro atoms. The predicted molar refractivity (Wildman–Crippen MR) is 224 cm³/mol. The van der Waals surface area contributed by atoms with Crippen molar-refractivity contribution in [2.75, 3.05) is 6.79 Å². The smallest absolute Gasteiger partial charge is 0.405 e. The molecule has 61 heavy (non-hydrogen) atoms. The zero-order valence-corrected chi connectivity index (χ0v) is 33.3. The minimum Gasteiger partial charge on any atom is -0.465 e. The molecule has 8 atom stereocenters. The van der Waals surface area contributed by atoms with Crippen LogP contribution in [0.1, 0.15) is 83.8 Å². The Morgan fingerprint density at radius 3 is 1.66 bits per heavy atom. The molecule has 4 aromatic carbocycles. The topological polar surface area (TPSA) is 178 Å². The van der Waals surface area contributed by atoms with E-state index in [0.29, 0.717) is 17.4 Å². The lowest BCUT2D eigenvalue weighted by atomic mass is 10.0. The normalized spacial score (nSPS) is 25.0. The lowest BCUT2D eigenvalue weighted by Gasteiger charge is -2.35. The van der Waals surface area contributed by atoms with Crippen LogP contribution in [0.4, 0.5) is 4.79 Å². The number of nitrogens with zero attached hydrogens (tertiary/aromatic N) is 4. The van der Waals surface area contributed by atoms with E-state index in [0.717, 1.165) is 88.9 Å². The number of ether oxygens (including phenoxy) is 2. The number of imidazole rings is 2. The number of carbonyl (C=O) groups excluding carboxylic acids is 2. The fourth-order valence-corrected chi connectivity index (χ4v) is 9.88. The number of carboxylic acid groups (broad SMARTS) is 1. The maximum absolute atomic E-state index is 14.3. The molecule has 3 amide bonds. The number of nitrogens with one attached hydrogen (secondary N) is 4. The molecule has 2 saturated carbocycles. The summed E-state index contributed by atoms with van der Waals surface area (Å²) in [5.41, 5.74) is 7.36. The number of fused-ring (bicyclic) bond motifs is 4. The number of amides is 3. The molecule has 14 heteroatoms. The van der Waals surface area contributed by atoms with Crippen LogP contribution in [-0.2, 0) is 31.9 Å². The van der Waals surface area contributed by atoms with E-state index < -0.39 is 24.6 Å². The molecular weight excluding hydrogens is 773 g/mol. The van der Waals surface area contributed by atoms with E-state index in [1.165, 1.54) is 0 Å². The van der Waals surface area contributed by atoms with Crippen LogP contribution in [-0.4, -0.2) is 78.0 Å². The van der Waals surface area contributed by atoms with E-state index in [2.05, 4.69) is 63.1 Å². The minimum absolute atomic E-state index is 0.00640. The third-order valence-electron chi connectivity index (χ3n) is 13.1. The molecule has 5 N–H and O–H groups in total. The SMILES string of the molecule is O=C(O)N[C@@H](C(=O)N1[C@H](c2nc3ccc(C/C=C/Cc4ccc5nc([C@@H]6C[C@@H]7C[C@@H]7N6C(=O)[C@H](NC6OCO6)c6ccccc6)[nH]c5c4)cc3[nH]2)C[C@@H]2C[C@@H]21)c1ccccc1. The maximum atomic E-state index is 14.3. The number of rotatable bonds is 13. The third-order valence-corrected chi connectivity index (χ3v) is 13.1. The summed E-state index contributed by atoms with van der Waals surface area (Å²) in [6, 6.07) is 29.6. The molecular formula is C47H46N8O6. The number of H-pyrrole nitrogens is 2. The Bertz CT molecular complexity index is 2660. The van der Waals surface area contributed by atoms with E-state index >= 15 is 0 Å². The molecule has 3 aliphatic heterocycles. The van der Waals surface area contributed by atoms with E-state index in [4.69, 9.17) is 19.4 Å². The summed E-state index contributed by atoms with van der Waals surface area (Å²) >= 11 is 0. The highest BCUT2D eigenvalue weighted by atomic mass is 16.9. The van der Waals surface area contributed by atoms with E-state index in [9.17, 15) is 19.5 Å². The van der Waals surface area contributed by atoms with Crippen LogP contribution in [0.5, 0.6) is 0 Å². The predicted octanol–water partition coefficient (Wildman–Crippen LogP) is 6.73. The standard InChI is InChI=1S/C47H46N8O6/c56-44(40(52-46(58)59)28-11-3-1-4-12-28)54-36-21-30(36)23-38(54)42-48-32-17-15-26(19-34(32)50-42)9-7-8-10-27-16-18-33-35(20-27)51-43(49-33)39-24-31-22-37(31)55(39)45(57)41(53-47-60-25-61-47)29-13-5-2-6-14-29/h1-8,11-20,30-31,36-41,47,52-53H,9-10,21-25H2,(H,48,50)(H,49,51)(H,58,59)/b8-7+/t30-,31-,36-,37-,38-,39-,40+,41+/m0/s1. The summed E-state index contributed by atoms with van der Waals surface area (Å²) in [5.74, 6) is 2.18. The third kappa shape index (κ3) is 7.23. The first-order valence-electron chi connectivity index (χ1n) is 21.2. The molecule has 0 unspecified atom stereocenters. The fraction of sp³-hybridized carbons (Fsp3) is 0.340. The molecule has 11 rings (SSSR count). The number of aromatic amines is 2. The molecule has 3 saturated heterocycles. The second kappa shape index (κ2) is 15.3. The Hall–Kier alpha value is -6.35. The zero-order chi connectivity index (χ0) is 41.2. The Labute approximate surface area is 351 Å². The number of likely N-dealkylation sites (tertiary alicyclic amines) is 2. The van der Waals surface area contributed by atoms with E-state index in [1.807, 2.05) is 64.4 Å². The van der Waals surface area contributed by atoms with Gasteiger partial charge in [-0.2, -0.15) is 0 Å². The largest absolute Gasteiger partial charge is 0.465 e. The van der Waals surface area contributed by atoms with Crippen molar-refractivity contribution >= 4 is 40.0 Å². The van der Waals surface area contributed by atoms with Crippen molar-refractivity contribution in [3.05, 3.63) is 143 Å². The molecule has 5 fully saturated rings. The van der Waals surface area contributed by atoms with Gasteiger partial charge in [0.05, 0.1) is 34.2 Å². The van der Waals surface area contributed by atoms with Crippen LogP contribution in [0.15, 0.2) is 109 Å². The molecule has 5 heterocycles. The summed E-state index contributed by atoms with van der Waals surface area (Å²) in [7, 11) is 0. The Kier molecular flexibility index (Phi) is 9.43. The number of piperidine rings is 2. The Morgan fingerprint density at radius 1 is 0.689 bits per heavy atom. The molecule has 5 aliphatic rings. The van der Waals surface area contributed by atoms with Gasteiger partial charge in [0.25, 0.3) is 5.91 Å². The Morgan fingerprint density at radius 2 is 1.18 bits per heavy atom. The van der Waals surface area contributed by atoms with Crippen LogP contribution in [0, 0.1) is 11.8 Å². The van der Waals surface area contributed by atoms with Crippen LogP contribution in [0.3, 0.4) is 0 Å². The number of hydrogen-bond acceptors (Lipinski definition) is 8. The van der Waals surface area contributed by atoms with Crippen molar-refractivity contribution in [2.45, 2.75) is 81.2 Å². The summed E-state index contributed by atoms with van der Waals surface area (Å²) < 4.78 is 10.9. The highest BCUT2D eigenvalue weighted by molar-refractivity contribution is 5.88. The molecule has 2 aromatic heterocycles. The molecule has 6 aromatic rings. The van der Waals surface area contributed by atoms with Gasteiger partial charge in [0.2, 0.25) is 12.3 Å². The van der Waals surface area contributed by atoms with Gasteiger partial charge in [0.1, 0.15) is 23.7 Å². The van der Waals surface area contributed by atoms with Gasteiger partial charge in [-0.1, -0.05) is 84.9 Å². The van der Waals surface area contributed by atoms with Gasteiger partial charge in [-0.15, -0.1) is 0 Å².